The summed E-state index contributed by atoms with van der Waals surface area (Å²) in [5, 5.41) is 3.39. The summed E-state index contributed by atoms with van der Waals surface area (Å²) >= 11 is 0. The molecule has 0 aliphatic carbocycles. The maximum absolute atomic E-state index is 5.74. The third-order valence-corrected chi connectivity index (χ3v) is 2.80. The molecule has 2 nitrogen and oxygen atoms in total. The van der Waals surface area contributed by atoms with Gasteiger partial charge in [-0.15, -0.1) is 0 Å². The minimum absolute atomic E-state index is 0.337. The molecule has 0 fully saturated rings. The lowest BCUT2D eigenvalue weighted by Gasteiger charge is -2.18. The molecule has 0 radical (unpaired) electrons. The summed E-state index contributed by atoms with van der Waals surface area (Å²) in [6.45, 7) is 11.7. The third kappa shape index (κ3) is 6.65. The van der Waals surface area contributed by atoms with E-state index in [0.29, 0.717) is 5.41 Å². The van der Waals surface area contributed by atoms with Gasteiger partial charge in [0.15, 0.2) is 0 Å². The van der Waals surface area contributed by atoms with Gasteiger partial charge in [-0.3, -0.25) is 0 Å². The maximum Gasteiger partial charge on any atom is 0.119 e. The quantitative estimate of drug-likeness (QED) is 0.737. The maximum atomic E-state index is 5.74. The number of hydrogen-bond acceptors (Lipinski definition) is 2. The predicted molar refractivity (Wildman–Crippen MR) is 78.0 cm³/mol. The van der Waals surface area contributed by atoms with Crippen LogP contribution in [0.5, 0.6) is 5.75 Å². The van der Waals surface area contributed by atoms with Gasteiger partial charge in [0.05, 0.1) is 6.61 Å². The average Bonchev–Trinajstić information content (AvgIpc) is 2.30. The first-order chi connectivity index (χ1) is 8.51. The summed E-state index contributed by atoms with van der Waals surface area (Å²) in [4.78, 5) is 0. The summed E-state index contributed by atoms with van der Waals surface area (Å²) in [5.74, 6) is 0.971. The highest BCUT2D eigenvalue weighted by molar-refractivity contribution is 5.27. The van der Waals surface area contributed by atoms with Crippen LogP contribution in [0.3, 0.4) is 0 Å². The van der Waals surface area contributed by atoms with Crippen LogP contribution in [-0.4, -0.2) is 13.2 Å². The van der Waals surface area contributed by atoms with Crippen molar-refractivity contribution in [2.24, 2.45) is 5.41 Å². The van der Waals surface area contributed by atoms with Crippen molar-refractivity contribution >= 4 is 0 Å². The zero-order valence-corrected chi connectivity index (χ0v) is 12.3. The molecule has 1 N–H and O–H groups in total. The molecule has 0 aliphatic rings. The van der Waals surface area contributed by atoms with Crippen molar-refractivity contribution in [2.75, 3.05) is 13.2 Å². The molecule has 0 heterocycles. The largest absolute Gasteiger partial charge is 0.494 e. The summed E-state index contributed by atoms with van der Waals surface area (Å²) in [6, 6.07) is 8.39. The van der Waals surface area contributed by atoms with E-state index < -0.39 is 0 Å². The summed E-state index contributed by atoms with van der Waals surface area (Å²) in [6.07, 6.45) is 2.25. The first-order valence-electron chi connectivity index (χ1n) is 6.94. The Hall–Kier alpha value is -1.02. The lowest BCUT2D eigenvalue weighted by Crippen LogP contribution is -2.13. The van der Waals surface area contributed by atoms with Crippen molar-refractivity contribution < 1.29 is 4.74 Å². The standard InChI is InChI=1S/C16H27NO/c1-5-11-17-13-14-6-8-15(9-7-14)18-12-10-16(2,3)4/h6-9,17H,5,10-13H2,1-4H3. The highest BCUT2D eigenvalue weighted by Gasteiger charge is 2.09. The van der Waals surface area contributed by atoms with Gasteiger partial charge < -0.3 is 10.1 Å². The second-order valence-electron chi connectivity index (χ2n) is 5.98. The molecule has 1 rings (SSSR count). The van der Waals surface area contributed by atoms with E-state index in [9.17, 15) is 0 Å². The van der Waals surface area contributed by atoms with Crippen LogP contribution < -0.4 is 10.1 Å². The first kappa shape index (κ1) is 15.0. The molecular formula is C16H27NO. The smallest absolute Gasteiger partial charge is 0.119 e. The molecule has 0 saturated carbocycles. The molecule has 18 heavy (non-hydrogen) atoms. The van der Waals surface area contributed by atoms with Crippen molar-refractivity contribution in [3.05, 3.63) is 29.8 Å². The number of hydrogen-bond donors (Lipinski definition) is 1. The van der Waals surface area contributed by atoms with E-state index in [0.717, 1.165) is 31.9 Å². The number of rotatable bonds is 7. The van der Waals surface area contributed by atoms with Crippen LogP contribution in [0.1, 0.15) is 46.1 Å². The number of ether oxygens (including phenoxy) is 1. The molecule has 0 saturated heterocycles. The van der Waals surface area contributed by atoms with Gasteiger partial charge in [-0.05, 0) is 42.5 Å². The second-order valence-corrected chi connectivity index (χ2v) is 5.98. The molecule has 1 aromatic rings. The molecule has 0 unspecified atom stereocenters. The van der Waals surface area contributed by atoms with Gasteiger partial charge in [-0.25, -0.2) is 0 Å². The van der Waals surface area contributed by atoms with Crippen LogP contribution in [0.15, 0.2) is 24.3 Å². The predicted octanol–water partition coefficient (Wildman–Crippen LogP) is 4.00. The van der Waals surface area contributed by atoms with Gasteiger partial charge >= 0.3 is 0 Å². The topological polar surface area (TPSA) is 21.3 Å². The van der Waals surface area contributed by atoms with E-state index in [1.54, 1.807) is 0 Å². The Labute approximate surface area is 112 Å². The fourth-order valence-corrected chi connectivity index (χ4v) is 1.59. The minimum atomic E-state index is 0.337. The fourth-order valence-electron chi connectivity index (χ4n) is 1.59. The van der Waals surface area contributed by atoms with Crippen molar-refractivity contribution in [1.29, 1.82) is 0 Å². The van der Waals surface area contributed by atoms with Crippen LogP contribution in [0, 0.1) is 5.41 Å². The Morgan fingerprint density at radius 2 is 1.78 bits per heavy atom. The van der Waals surface area contributed by atoms with E-state index in [2.05, 4.69) is 57.3 Å². The monoisotopic (exact) mass is 249 g/mol. The van der Waals surface area contributed by atoms with Gasteiger partial charge in [-0.2, -0.15) is 0 Å². The van der Waals surface area contributed by atoms with Crippen molar-refractivity contribution in [3.63, 3.8) is 0 Å². The Morgan fingerprint density at radius 3 is 2.33 bits per heavy atom. The molecule has 0 aromatic heterocycles. The summed E-state index contributed by atoms with van der Waals surface area (Å²) in [7, 11) is 0. The SMILES string of the molecule is CCCNCc1ccc(OCCC(C)(C)C)cc1. The van der Waals surface area contributed by atoms with E-state index in [1.165, 1.54) is 12.0 Å². The summed E-state index contributed by atoms with van der Waals surface area (Å²) < 4.78 is 5.74. The molecular weight excluding hydrogens is 222 g/mol. The van der Waals surface area contributed by atoms with Crippen LogP contribution in [0.4, 0.5) is 0 Å². The van der Waals surface area contributed by atoms with Gasteiger partial charge in [0.25, 0.3) is 0 Å². The zero-order chi connectivity index (χ0) is 13.4. The van der Waals surface area contributed by atoms with Crippen LogP contribution in [0.2, 0.25) is 0 Å². The first-order valence-corrected chi connectivity index (χ1v) is 6.94. The normalized spacial score (nSPS) is 11.6. The Bertz CT molecular complexity index is 324. The van der Waals surface area contributed by atoms with Gasteiger partial charge in [0, 0.05) is 6.54 Å². The van der Waals surface area contributed by atoms with E-state index in [4.69, 9.17) is 4.74 Å². The third-order valence-electron chi connectivity index (χ3n) is 2.80. The Morgan fingerprint density at radius 1 is 1.11 bits per heavy atom. The lowest BCUT2D eigenvalue weighted by atomic mass is 9.93. The van der Waals surface area contributed by atoms with Crippen molar-refractivity contribution in [3.8, 4) is 5.75 Å². The van der Waals surface area contributed by atoms with E-state index >= 15 is 0 Å². The highest BCUT2D eigenvalue weighted by Crippen LogP contribution is 2.19. The van der Waals surface area contributed by atoms with Gasteiger partial charge in [0.1, 0.15) is 5.75 Å². The fraction of sp³-hybridized carbons (Fsp3) is 0.625. The van der Waals surface area contributed by atoms with Crippen LogP contribution in [-0.2, 0) is 6.54 Å². The Balaban J connectivity index is 2.31. The number of benzene rings is 1. The second kappa shape index (κ2) is 7.42. The molecule has 0 atom stereocenters. The van der Waals surface area contributed by atoms with Gasteiger partial charge in [0.2, 0.25) is 0 Å². The molecule has 2 heteroatoms. The molecule has 102 valence electrons. The summed E-state index contributed by atoms with van der Waals surface area (Å²) in [5.41, 5.74) is 1.65. The molecule has 1 aromatic carbocycles. The molecule has 0 amide bonds. The zero-order valence-electron chi connectivity index (χ0n) is 12.3. The average molecular weight is 249 g/mol. The van der Waals surface area contributed by atoms with Gasteiger partial charge in [-0.1, -0.05) is 39.8 Å². The van der Waals surface area contributed by atoms with E-state index in [1.807, 2.05) is 0 Å². The minimum Gasteiger partial charge on any atom is -0.494 e. The highest BCUT2D eigenvalue weighted by atomic mass is 16.5. The lowest BCUT2D eigenvalue weighted by molar-refractivity contribution is 0.243. The molecule has 0 bridgehead atoms. The number of nitrogens with one attached hydrogen (secondary N) is 1. The Kier molecular flexibility index (Phi) is 6.20. The van der Waals surface area contributed by atoms with Crippen molar-refractivity contribution in [2.45, 2.75) is 47.1 Å². The van der Waals surface area contributed by atoms with E-state index in [-0.39, 0.29) is 0 Å². The molecule has 0 spiro atoms. The van der Waals surface area contributed by atoms with Crippen molar-refractivity contribution in [1.82, 2.24) is 5.32 Å². The van der Waals surface area contributed by atoms with Crippen LogP contribution in [0.25, 0.3) is 0 Å². The molecule has 0 aliphatic heterocycles. The van der Waals surface area contributed by atoms with Crippen LogP contribution >= 0.6 is 0 Å².